The van der Waals surface area contributed by atoms with Crippen molar-refractivity contribution in [1.29, 1.82) is 0 Å². The van der Waals surface area contributed by atoms with E-state index in [1.54, 1.807) is 37.6 Å². The van der Waals surface area contributed by atoms with E-state index in [9.17, 15) is 4.79 Å². The van der Waals surface area contributed by atoms with Gasteiger partial charge in [0.05, 0.1) is 34.4 Å². The summed E-state index contributed by atoms with van der Waals surface area (Å²) in [5.74, 6) is 1.29. The number of benzene rings is 2. The maximum atomic E-state index is 12.8. The third-order valence-corrected chi connectivity index (χ3v) is 7.10. The summed E-state index contributed by atoms with van der Waals surface area (Å²) < 4.78 is 11.6. The lowest BCUT2D eigenvalue weighted by molar-refractivity contribution is -0.112. The molecule has 4 aromatic rings. The van der Waals surface area contributed by atoms with Crippen molar-refractivity contribution in [2.75, 3.05) is 30.8 Å². The standard InChI is InChI=1S/C30H31ClN6O3/c1-3-37-16-6-8-22(37)10-14-27(38)36-25-12-11-24-28(29(25)39-2)30(34-19-33-24)35-20-9-13-26(23(31)17-20)40-18-21-7-4-5-15-32-21/h4-5,7,9-15,17,19,22H,3,6,8,16,18H2,1-2H3,(H,36,38)(H,33,34,35)/b14-10+/t22-/m1/s1. The highest BCUT2D eigenvalue weighted by Crippen LogP contribution is 2.38. The van der Waals surface area contributed by atoms with Crippen LogP contribution in [0.3, 0.4) is 0 Å². The number of nitrogens with zero attached hydrogens (tertiary/aromatic N) is 4. The number of fused-ring (bicyclic) bond motifs is 1. The van der Waals surface area contributed by atoms with Crippen LogP contribution in [0.1, 0.15) is 25.5 Å². The van der Waals surface area contributed by atoms with Gasteiger partial charge in [0, 0.05) is 24.0 Å². The summed E-state index contributed by atoms with van der Waals surface area (Å²) in [5.41, 5.74) is 2.69. The number of rotatable bonds is 10. The lowest BCUT2D eigenvalue weighted by Crippen LogP contribution is -2.27. The van der Waals surface area contributed by atoms with Gasteiger partial charge in [-0.2, -0.15) is 0 Å². The summed E-state index contributed by atoms with van der Waals surface area (Å²) in [7, 11) is 1.55. The minimum absolute atomic E-state index is 0.222. The summed E-state index contributed by atoms with van der Waals surface area (Å²) in [6.45, 7) is 4.48. The van der Waals surface area contributed by atoms with Crippen molar-refractivity contribution >= 4 is 45.6 Å². The molecule has 1 fully saturated rings. The number of methoxy groups -OCH3 is 1. The molecule has 0 saturated carbocycles. The first-order chi connectivity index (χ1) is 19.6. The SMILES string of the molecule is CCN1CCC[C@@H]1/C=C/C(=O)Nc1ccc2ncnc(Nc3ccc(OCc4ccccn4)c(Cl)c3)c2c1OC. The summed E-state index contributed by atoms with van der Waals surface area (Å²) >= 11 is 6.52. The first kappa shape index (κ1) is 27.4. The predicted octanol–water partition coefficient (Wildman–Crippen LogP) is 5.99. The van der Waals surface area contributed by atoms with Crippen LogP contribution < -0.4 is 20.1 Å². The Morgan fingerprint density at radius 3 is 2.85 bits per heavy atom. The number of likely N-dealkylation sites (tertiary alicyclic amines) is 1. The molecule has 10 heteroatoms. The number of pyridine rings is 1. The van der Waals surface area contributed by atoms with Gasteiger partial charge in [-0.25, -0.2) is 9.97 Å². The van der Waals surface area contributed by atoms with Gasteiger partial charge < -0.3 is 20.1 Å². The number of hydrogen-bond donors (Lipinski definition) is 2. The quantitative estimate of drug-likeness (QED) is 0.229. The molecule has 0 radical (unpaired) electrons. The van der Waals surface area contributed by atoms with E-state index in [4.69, 9.17) is 21.1 Å². The number of anilines is 3. The van der Waals surface area contributed by atoms with Crippen LogP contribution in [-0.4, -0.2) is 52.0 Å². The smallest absolute Gasteiger partial charge is 0.248 e. The van der Waals surface area contributed by atoms with Crippen LogP contribution in [-0.2, 0) is 11.4 Å². The second-order valence-corrected chi connectivity index (χ2v) is 9.74. The second-order valence-electron chi connectivity index (χ2n) is 9.33. The molecule has 2 aromatic carbocycles. The predicted molar refractivity (Wildman–Crippen MR) is 157 cm³/mol. The Kier molecular flexibility index (Phi) is 8.73. The van der Waals surface area contributed by atoms with E-state index in [1.807, 2.05) is 36.4 Å². The number of amides is 1. The molecule has 3 heterocycles. The van der Waals surface area contributed by atoms with Gasteiger partial charge in [0.1, 0.15) is 24.5 Å². The second kappa shape index (κ2) is 12.8. The average Bonchev–Trinajstić information content (AvgIpc) is 3.44. The summed E-state index contributed by atoms with van der Waals surface area (Å²) in [5, 5.41) is 7.32. The van der Waals surface area contributed by atoms with Gasteiger partial charge in [0.25, 0.3) is 0 Å². The summed E-state index contributed by atoms with van der Waals surface area (Å²) in [6.07, 6.45) is 8.97. The van der Waals surface area contributed by atoms with Crippen molar-refractivity contribution in [3.8, 4) is 11.5 Å². The fraction of sp³-hybridized carbons (Fsp3) is 0.267. The van der Waals surface area contributed by atoms with Gasteiger partial charge in [0.15, 0.2) is 5.75 Å². The zero-order valence-electron chi connectivity index (χ0n) is 22.4. The highest BCUT2D eigenvalue weighted by atomic mass is 35.5. The largest absolute Gasteiger partial charge is 0.494 e. The fourth-order valence-electron chi connectivity index (χ4n) is 4.83. The molecule has 1 aliphatic rings. The molecule has 1 atom stereocenters. The van der Waals surface area contributed by atoms with Crippen LogP contribution in [0.5, 0.6) is 11.5 Å². The molecule has 0 spiro atoms. The van der Waals surface area contributed by atoms with Crippen molar-refractivity contribution in [3.63, 3.8) is 0 Å². The first-order valence-electron chi connectivity index (χ1n) is 13.2. The molecule has 0 unspecified atom stereocenters. The maximum absolute atomic E-state index is 12.8. The van der Waals surface area contributed by atoms with Crippen molar-refractivity contribution < 1.29 is 14.3 Å². The molecule has 0 aliphatic carbocycles. The van der Waals surface area contributed by atoms with Crippen molar-refractivity contribution in [3.05, 3.63) is 83.9 Å². The van der Waals surface area contributed by atoms with Crippen LogP contribution in [0.15, 0.2) is 73.2 Å². The fourth-order valence-corrected chi connectivity index (χ4v) is 5.07. The molecule has 1 amide bonds. The van der Waals surface area contributed by atoms with Gasteiger partial charge in [-0.3, -0.25) is 14.7 Å². The number of carbonyl (C=O) groups excluding carboxylic acids is 1. The number of ether oxygens (including phenoxy) is 2. The number of hydrogen-bond acceptors (Lipinski definition) is 8. The maximum Gasteiger partial charge on any atom is 0.248 e. The van der Waals surface area contributed by atoms with Gasteiger partial charge in [0.2, 0.25) is 5.91 Å². The van der Waals surface area contributed by atoms with Gasteiger partial charge in [-0.15, -0.1) is 0 Å². The molecule has 2 N–H and O–H groups in total. The lowest BCUT2D eigenvalue weighted by atomic mass is 10.1. The van der Waals surface area contributed by atoms with E-state index < -0.39 is 0 Å². The molecular formula is C30H31ClN6O3. The van der Waals surface area contributed by atoms with Gasteiger partial charge >= 0.3 is 0 Å². The van der Waals surface area contributed by atoms with E-state index in [-0.39, 0.29) is 11.9 Å². The zero-order valence-corrected chi connectivity index (χ0v) is 23.2. The minimum atomic E-state index is -0.222. The summed E-state index contributed by atoms with van der Waals surface area (Å²) in [4.78, 5) is 28.3. The number of halogens is 1. The molecule has 1 aliphatic heterocycles. The van der Waals surface area contributed by atoms with E-state index in [0.717, 1.165) is 31.6 Å². The lowest BCUT2D eigenvalue weighted by Gasteiger charge is -2.19. The van der Waals surface area contributed by atoms with Gasteiger partial charge in [-0.1, -0.05) is 30.7 Å². The van der Waals surface area contributed by atoms with Gasteiger partial charge in [-0.05, 0) is 68.4 Å². The number of nitrogens with one attached hydrogen (secondary N) is 2. The molecular weight excluding hydrogens is 528 g/mol. The topological polar surface area (TPSA) is 102 Å². The third kappa shape index (κ3) is 6.32. The molecule has 9 nitrogen and oxygen atoms in total. The Bertz CT molecular complexity index is 1510. The Labute approximate surface area is 238 Å². The Morgan fingerprint density at radius 1 is 1.18 bits per heavy atom. The highest BCUT2D eigenvalue weighted by Gasteiger charge is 2.21. The Balaban J connectivity index is 1.35. The molecule has 1 saturated heterocycles. The first-order valence-corrected chi connectivity index (χ1v) is 13.6. The minimum Gasteiger partial charge on any atom is -0.494 e. The van der Waals surface area contributed by atoms with Crippen molar-refractivity contribution in [2.45, 2.75) is 32.4 Å². The van der Waals surface area contributed by atoms with Crippen LogP contribution in [0, 0.1) is 0 Å². The Hall–Kier alpha value is -4.21. The van der Waals surface area contributed by atoms with E-state index >= 15 is 0 Å². The number of carbonyl (C=O) groups is 1. The molecule has 0 bridgehead atoms. The summed E-state index contributed by atoms with van der Waals surface area (Å²) in [6, 6.07) is 14.9. The molecule has 40 heavy (non-hydrogen) atoms. The zero-order chi connectivity index (χ0) is 27.9. The monoisotopic (exact) mass is 558 g/mol. The van der Waals surface area contributed by atoms with E-state index in [0.29, 0.717) is 51.2 Å². The van der Waals surface area contributed by atoms with Crippen LogP contribution in [0.25, 0.3) is 10.9 Å². The van der Waals surface area contributed by atoms with E-state index in [1.165, 1.54) is 6.33 Å². The van der Waals surface area contributed by atoms with Crippen molar-refractivity contribution in [1.82, 2.24) is 19.9 Å². The van der Waals surface area contributed by atoms with Crippen LogP contribution in [0.2, 0.25) is 5.02 Å². The van der Waals surface area contributed by atoms with E-state index in [2.05, 4.69) is 37.4 Å². The van der Waals surface area contributed by atoms with Crippen LogP contribution >= 0.6 is 11.6 Å². The average molecular weight is 559 g/mol. The number of likely N-dealkylation sites (N-methyl/N-ethyl adjacent to an activating group) is 1. The normalized spacial score (nSPS) is 15.4. The van der Waals surface area contributed by atoms with Crippen molar-refractivity contribution in [2.24, 2.45) is 0 Å². The molecule has 206 valence electrons. The van der Waals surface area contributed by atoms with Crippen LogP contribution in [0.4, 0.5) is 17.2 Å². The number of aromatic nitrogens is 3. The Morgan fingerprint density at radius 2 is 2.08 bits per heavy atom. The molecule has 5 rings (SSSR count). The molecule has 2 aromatic heterocycles. The highest BCUT2D eigenvalue weighted by molar-refractivity contribution is 6.32. The third-order valence-electron chi connectivity index (χ3n) is 6.80.